The predicted octanol–water partition coefficient (Wildman–Crippen LogP) is 7.48. The Morgan fingerprint density at radius 3 is 2.50 bits per heavy atom. The Balaban J connectivity index is 1.31. The Morgan fingerprint density at radius 1 is 0.895 bits per heavy atom. The molecule has 4 aromatic carbocycles. The van der Waals surface area contributed by atoms with Crippen LogP contribution in [0.1, 0.15) is 15.9 Å². The molecule has 0 aliphatic carbocycles. The number of thioether (sulfide) groups is 1. The van der Waals surface area contributed by atoms with Crippen LogP contribution in [0.4, 0.5) is 4.79 Å². The van der Waals surface area contributed by atoms with Crippen LogP contribution >= 0.6 is 35.0 Å². The highest BCUT2D eigenvalue weighted by molar-refractivity contribution is 8.18. The lowest BCUT2D eigenvalue weighted by Crippen LogP contribution is -2.32. The molecule has 0 aromatic heterocycles. The number of rotatable bonds is 7. The zero-order valence-electron chi connectivity index (χ0n) is 19.7. The van der Waals surface area contributed by atoms with Gasteiger partial charge in [-0.3, -0.25) is 14.5 Å². The third-order valence-corrected chi connectivity index (χ3v) is 7.22. The lowest BCUT2D eigenvalue weighted by atomic mass is 10.1. The Kier molecular flexibility index (Phi) is 7.69. The number of hydrogen-bond donors (Lipinski definition) is 0. The van der Waals surface area contributed by atoms with Crippen molar-refractivity contribution in [2.45, 2.75) is 0 Å². The maximum Gasteiger partial charge on any atom is 0.345 e. The molecule has 38 heavy (non-hydrogen) atoms. The lowest BCUT2D eigenvalue weighted by molar-refractivity contribution is -0.123. The summed E-state index contributed by atoms with van der Waals surface area (Å²) in [5.74, 6) is -0.281. The van der Waals surface area contributed by atoms with Crippen LogP contribution in [0, 0.1) is 0 Å². The van der Waals surface area contributed by atoms with Crippen molar-refractivity contribution < 1.29 is 23.9 Å². The molecule has 1 fully saturated rings. The van der Waals surface area contributed by atoms with E-state index in [4.69, 9.17) is 32.7 Å². The van der Waals surface area contributed by atoms with Crippen molar-refractivity contribution in [2.75, 3.05) is 13.2 Å². The summed E-state index contributed by atoms with van der Waals surface area (Å²) in [6.07, 6.45) is 1.48. The van der Waals surface area contributed by atoms with Crippen LogP contribution in [0.3, 0.4) is 0 Å². The Morgan fingerprint density at radius 2 is 1.66 bits per heavy atom. The molecule has 4 aromatic rings. The summed E-state index contributed by atoms with van der Waals surface area (Å²) in [7, 11) is 0. The summed E-state index contributed by atoms with van der Waals surface area (Å²) >= 11 is 13.1. The van der Waals surface area contributed by atoms with Crippen LogP contribution in [0.2, 0.25) is 10.0 Å². The topological polar surface area (TPSA) is 72.9 Å². The monoisotopic (exact) mass is 563 g/mol. The van der Waals surface area contributed by atoms with E-state index in [-0.39, 0.29) is 34.4 Å². The van der Waals surface area contributed by atoms with E-state index in [2.05, 4.69) is 0 Å². The molecule has 0 bridgehead atoms. The van der Waals surface area contributed by atoms with Crippen molar-refractivity contribution in [1.29, 1.82) is 0 Å². The van der Waals surface area contributed by atoms with Gasteiger partial charge in [0.2, 0.25) is 0 Å². The SMILES string of the molecule is O=C(Oc1ccc(Cl)cc1/C=C1\SC(=O)N(CCOc2cccc3ccccc23)C1=O)c1ccccc1Cl. The Bertz CT molecular complexity index is 1600. The highest BCUT2D eigenvalue weighted by Gasteiger charge is 2.35. The molecular formula is C29H19Cl2NO5S. The molecule has 0 spiro atoms. The van der Waals surface area contributed by atoms with Gasteiger partial charge in [0.1, 0.15) is 18.1 Å². The zero-order chi connectivity index (χ0) is 26.6. The zero-order valence-corrected chi connectivity index (χ0v) is 22.1. The van der Waals surface area contributed by atoms with Crippen molar-refractivity contribution in [1.82, 2.24) is 4.90 Å². The summed E-state index contributed by atoms with van der Waals surface area (Å²) < 4.78 is 11.5. The van der Waals surface area contributed by atoms with Gasteiger partial charge in [0.25, 0.3) is 11.1 Å². The molecular weight excluding hydrogens is 545 g/mol. The number of hydrogen-bond acceptors (Lipinski definition) is 6. The molecule has 6 nitrogen and oxygen atoms in total. The van der Waals surface area contributed by atoms with Crippen molar-refractivity contribution >= 4 is 68.9 Å². The molecule has 2 amide bonds. The van der Waals surface area contributed by atoms with Gasteiger partial charge in [0.05, 0.1) is 22.0 Å². The van der Waals surface area contributed by atoms with Crippen molar-refractivity contribution in [2.24, 2.45) is 0 Å². The smallest absolute Gasteiger partial charge is 0.345 e. The van der Waals surface area contributed by atoms with Gasteiger partial charge in [-0.2, -0.15) is 0 Å². The van der Waals surface area contributed by atoms with E-state index in [1.807, 2.05) is 42.5 Å². The summed E-state index contributed by atoms with van der Waals surface area (Å²) in [4.78, 5) is 39.7. The first-order chi connectivity index (χ1) is 18.4. The standard InChI is InChI=1S/C29H19Cl2NO5S/c30-20-12-13-24(37-28(34)22-9-3-4-10-23(22)31)19(16-20)17-26-27(33)32(29(35)38-26)14-15-36-25-11-5-7-18-6-1-2-8-21(18)25/h1-13,16-17H,14-15H2/b26-17-. The first kappa shape index (κ1) is 25.9. The van der Waals surface area contributed by atoms with E-state index in [1.54, 1.807) is 36.4 Å². The molecule has 9 heteroatoms. The lowest BCUT2D eigenvalue weighted by Gasteiger charge is -2.14. The minimum absolute atomic E-state index is 0.0785. The second-order valence-corrected chi connectivity index (χ2v) is 10.0. The van der Waals surface area contributed by atoms with Gasteiger partial charge in [0, 0.05) is 16.0 Å². The van der Waals surface area contributed by atoms with Gasteiger partial charge in [-0.05, 0) is 59.6 Å². The van der Waals surface area contributed by atoms with Crippen LogP contribution in [-0.2, 0) is 4.79 Å². The third-order valence-electron chi connectivity index (χ3n) is 5.75. The molecule has 5 rings (SSSR count). The molecule has 1 saturated heterocycles. The first-order valence-corrected chi connectivity index (χ1v) is 13.1. The van der Waals surface area contributed by atoms with Crippen LogP contribution in [0.25, 0.3) is 16.8 Å². The number of halogens is 2. The number of benzene rings is 4. The number of imide groups is 1. The van der Waals surface area contributed by atoms with Gasteiger partial charge < -0.3 is 9.47 Å². The van der Waals surface area contributed by atoms with E-state index < -0.39 is 17.1 Å². The fourth-order valence-electron chi connectivity index (χ4n) is 3.91. The predicted molar refractivity (Wildman–Crippen MR) is 150 cm³/mol. The van der Waals surface area contributed by atoms with E-state index in [1.165, 1.54) is 12.1 Å². The molecule has 0 N–H and O–H groups in total. The number of fused-ring (bicyclic) bond motifs is 1. The molecule has 0 atom stereocenters. The van der Waals surface area contributed by atoms with Gasteiger partial charge in [-0.1, -0.05) is 71.7 Å². The van der Waals surface area contributed by atoms with E-state index in [0.29, 0.717) is 16.3 Å². The number of esters is 1. The molecule has 0 radical (unpaired) electrons. The molecule has 1 aliphatic rings. The van der Waals surface area contributed by atoms with E-state index in [0.717, 1.165) is 27.4 Å². The van der Waals surface area contributed by atoms with Gasteiger partial charge >= 0.3 is 5.97 Å². The number of nitrogens with zero attached hydrogens (tertiary/aromatic N) is 1. The Labute approximate surface area is 232 Å². The number of ether oxygens (including phenoxy) is 2. The first-order valence-electron chi connectivity index (χ1n) is 11.5. The van der Waals surface area contributed by atoms with Gasteiger partial charge in [-0.15, -0.1) is 0 Å². The second kappa shape index (κ2) is 11.3. The largest absolute Gasteiger partial charge is 0.491 e. The molecule has 0 unspecified atom stereocenters. The van der Waals surface area contributed by atoms with Crippen LogP contribution < -0.4 is 9.47 Å². The molecule has 190 valence electrons. The highest BCUT2D eigenvalue weighted by Crippen LogP contribution is 2.35. The van der Waals surface area contributed by atoms with Crippen molar-refractivity contribution in [3.63, 3.8) is 0 Å². The van der Waals surface area contributed by atoms with E-state index >= 15 is 0 Å². The van der Waals surface area contributed by atoms with Gasteiger partial charge in [-0.25, -0.2) is 4.79 Å². The summed E-state index contributed by atoms with van der Waals surface area (Å²) in [6.45, 7) is 0.215. The van der Waals surface area contributed by atoms with Crippen molar-refractivity contribution in [3.8, 4) is 11.5 Å². The third kappa shape index (κ3) is 5.55. The average Bonchev–Trinajstić information content (AvgIpc) is 3.18. The molecule has 0 saturated carbocycles. The second-order valence-electron chi connectivity index (χ2n) is 8.21. The van der Waals surface area contributed by atoms with Crippen molar-refractivity contribution in [3.05, 3.63) is 111 Å². The normalized spacial score (nSPS) is 14.4. The van der Waals surface area contributed by atoms with Crippen LogP contribution in [-0.4, -0.2) is 35.2 Å². The fraction of sp³-hybridized carbons (Fsp3) is 0.0690. The van der Waals surface area contributed by atoms with Gasteiger partial charge in [0.15, 0.2) is 0 Å². The average molecular weight is 564 g/mol. The minimum atomic E-state index is -0.661. The molecule has 1 aliphatic heterocycles. The fourth-order valence-corrected chi connectivity index (χ4v) is 5.16. The molecule has 1 heterocycles. The summed E-state index contributed by atoms with van der Waals surface area (Å²) in [5.41, 5.74) is 0.567. The maximum atomic E-state index is 13.1. The minimum Gasteiger partial charge on any atom is -0.491 e. The summed E-state index contributed by atoms with van der Waals surface area (Å²) in [5, 5.41) is 2.19. The summed E-state index contributed by atoms with van der Waals surface area (Å²) in [6, 6.07) is 24.7. The number of carbonyl (C=O) groups excluding carboxylic acids is 3. The Hall–Kier alpha value is -3.78. The van der Waals surface area contributed by atoms with Crippen LogP contribution in [0.15, 0.2) is 89.8 Å². The number of carbonyl (C=O) groups is 3. The quantitative estimate of drug-likeness (QED) is 0.132. The highest BCUT2D eigenvalue weighted by atomic mass is 35.5. The van der Waals surface area contributed by atoms with E-state index in [9.17, 15) is 14.4 Å². The van der Waals surface area contributed by atoms with Crippen LogP contribution in [0.5, 0.6) is 11.5 Å². The number of amides is 2. The maximum absolute atomic E-state index is 13.1.